The second kappa shape index (κ2) is 7.79. The standard InChI is InChI=1S/C18H24N2O/c1-4-10-19-12-15-11-14(3)18(20-13-15)21-17-9-7-6-8-16(17)5-2/h6-9,11,13,19H,4-5,10,12H2,1-3H3. The van der Waals surface area contributed by atoms with E-state index in [0.29, 0.717) is 5.88 Å². The highest BCUT2D eigenvalue weighted by Crippen LogP contribution is 2.26. The van der Waals surface area contributed by atoms with E-state index in [2.05, 4.69) is 36.3 Å². The van der Waals surface area contributed by atoms with Crippen LogP contribution >= 0.6 is 0 Å². The zero-order valence-electron chi connectivity index (χ0n) is 13.1. The summed E-state index contributed by atoms with van der Waals surface area (Å²) in [6.45, 7) is 8.22. The predicted octanol–water partition coefficient (Wildman–Crippen LogP) is 4.24. The van der Waals surface area contributed by atoms with Crippen molar-refractivity contribution in [3.05, 3.63) is 53.2 Å². The Morgan fingerprint density at radius 1 is 1.19 bits per heavy atom. The van der Waals surface area contributed by atoms with Gasteiger partial charge in [-0.25, -0.2) is 4.98 Å². The van der Waals surface area contributed by atoms with Crippen molar-refractivity contribution in [2.75, 3.05) is 6.54 Å². The second-order valence-electron chi connectivity index (χ2n) is 5.21. The Morgan fingerprint density at radius 2 is 2.00 bits per heavy atom. The first kappa shape index (κ1) is 15.5. The molecule has 0 saturated heterocycles. The van der Waals surface area contributed by atoms with Gasteiger partial charge in [-0.05, 0) is 49.6 Å². The Balaban J connectivity index is 2.10. The lowest BCUT2D eigenvalue weighted by Gasteiger charge is -2.12. The molecule has 1 aromatic carbocycles. The molecule has 0 bridgehead atoms. The van der Waals surface area contributed by atoms with Crippen LogP contribution in [0.15, 0.2) is 36.5 Å². The first-order valence-electron chi connectivity index (χ1n) is 7.66. The van der Waals surface area contributed by atoms with Crippen LogP contribution in [0.1, 0.15) is 37.0 Å². The second-order valence-corrected chi connectivity index (χ2v) is 5.21. The number of hydrogen-bond donors (Lipinski definition) is 1. The maximum Gasteiger partial charge on any atom is 0.222 e. The van der Waals surface area contributed by atoms with Gasteiger partial charge in [-0.15, -0.1) is 0 Å². The van der Waals surface area contributed by atoms with Crippen molar-refractivity contribution in [3.8, 4) is 11.6 Å². The maximum absolute atomic E-state index is 5.98. The topological polar surface area (TPSA) is 34.2 Å². The fraction of sp³-hybridized carbons (Fsp3) is 0.389. The molecule has 0 saturated carbocycles. The monoisotopic (exact) mass is 284 g/mol. The molecule has 2 rings (SSSR count). The molecule has 0 radical (unpaired) electrons. The summed E-state index contributed by atoms with van der Waals surface area (Å²) in [4.78, 5) is 4.47. The summed E-state index contributed by atoms with van der Waals surface area (Å²) in [6.07, 6.45) is 3.98. The third-order valence-corrected chi connectivity index (χ3v) is 3.40. The van der Waals surface area contributed by atoms with E-state index < -0.39 is 0 Å². The molecule has 21 heavy (non-hydrogen) atoms. The summed E-state index contributed by atoms with van der Waals surface area (Å²) >= 11 is 0. The molecule has 0 fully saturated rings. The summed E-state index contributed by atoms with van der Waals surface area (Å²) in [7, 11) is 0. The van der Waals surface area contributed by atoms with E-state index in [1.165, 1.54) is 11.1 Å². The number of para-hydroxylation sites is 1. The molecule has 0 aliphatic heterocycles. The van der Waals surface area contributed by atoms with Crippen LogP contribution in [0.4, 0.5) is 0 Å². The third-order valence-electron chi connectivity index (χ3n) is 3.40. The summed E-state index contributed by atoms with van der Waals surface area (Å²) in [5.74, 6) is 1.59. The van der Waals surface area contributed by atoms with Crippen LogP contribution in [0.5, 0.6) is 11.6 Å². The summed E-state index contributed by atoms with van der Waals surface area (Å²) in [5.41, 5.74) is 3.46. The molecule has 0 amide bonds. The zero-order valence-corrected chi connectivity index (χ0v) is 13.1. The molecule has 3 nitrogen and oxygen atoms in total. The maximum atomic E-state index is 5.98. The molecule has 0 aliphatic carbocycles. The summed E-state index contributed by atoms with van der Waals surface area (Å²) in [6, 6.07) is 10.3. The van der Waals surface area contributed by atoms with Crippen LogP contribution in [0.25, 0.3) is 0 Å². The van der Waals surface area contributed by atoms with E-state index in [1.54, 1.807) is 0 Å². The predicted molar refractivity (Wildman–Crippen MR) is 86.9 cm³/mol. The number of aryl methyl sites for hydroxylation is 2. The van der Waals surface area contributed by atoms with E-state index in [-0.39, 0.29) is 0 Å². The van der Waals surface area contributed by atoms with Crippen molar-refractivity contribution in [3.63, 3.8) is 0 Å². The molecule has 1 heterocycles. The Kier molecular flexibility index (Phi) is 5.76. The molecular weight excluding hydrogens is 260 g/mol. The number of pyridine rings is 1. The van der Waals surface area contributed by atoms with E-state index >= 15 is 0 Å². The van der Waals surface area contributed by atoms with Gasteiger partial charge >= 0.3 is 0 Å². The molecule has 2 aromatic rings. The van der Waals surface area contributed by atoms with E-state index in [4.69, 9.17) is 4.74 Å². The Hall–Kier alpha value is -1.87. The summed E-state index contributed by atoms with van der Waals surface area (Å²) < 4.78 is 5.98. The first-order valence-corrected chi connectivity index (χ1v) is 7.66. The van der Waals surface area contributed by atoms with Gasteiger partial charge in [0.25, 0.3) is 0 Å². The molecule has 1 N–H and O–H groups in total. The average Bonchev–Trinajstić information content (AvgIpc) is 2.50. The number of hydrogen-bond acceptors (Lipinski definition) is 3. The lowest BCUT2D eigenvalue weighted by molar-refractivity contribution is 0.453. The van der Waals surface area contributed by atoms with Crippen molar-refractivity contribution in [2.45, 2.75) is 40.2 Å². The van der Waals surface area contributed by atoms with Gasteiger partial charge in [-0.3, -0.25) is 0 Å². The largest absolute Gasteiger partial charge is 0.438 e. The third kappa shape index (κ3) is 4.30. The molecule has 0 unspecified atom stereocenters. The molecule has 0 atom stereocenters. The van der Waals surface area contributed by atoms with Gasteiger partial charge in [-0.2, -0.15) is 0 Å². The van der Waals surface area contributed by atoms with E-state index in [9.17, 15) is 0 Å². The number of nitrogens with one attached hydrogen (secondary N) is 1. The fourth-order valence-corrected chi connectivity index (χ4v) is 2.23. The molecule has 1 aromatic heterocycles. The lowest BCUT2D eigenvalue weighted by Crippen LogP contribution is -2.14. The minimum atomic E-state index is 0.690. The van der Waals surface area contributed by atoms with Gasteiger partial charge in [-0.1, -0.05) is 32.0 Å². The molecule has 0 spiro atoms. The van der Waals surface area contributed by atoms with Crippen LogP contribution in [0.2, 0.25) is 0 Å². The molecular formula is C18H24N2O. The van der Waals surface area contributed by atoms with E-state index in [0.717, 1.165) is 37.2 Å². The number of aromatic nitrogens is 1. The molecule has 112 valence electrons. The van der Waals surface area contributed by atoms with Crippen LogP contribution < -0.4 is 10.1 Å². The van der Waals surface area contributed by atoms with Gasteiger partial charge in [0, 0.05) is 18.3 Å². The highest BCUT2D eigenvalue weighted by Gasteiger charge is 2.07. The van der Waals surface area contributed by atoms with Gasteiger partial charge < -0.3 is 10.1 Å². The smallest absolute Gasteiger partial charge is 0.222 e. The van der Waals surface area contributed by atoms with Gasteiger partial charge in [0.2, 0.25) is 5.88 Å². The molecule has 0 aliphatic rings. The minimum Gasteiger partial charge on any atom is -0.438 e. The number of nitrogens with zero attached hydrogens (tertiary/aromatic N) is 1. The van der Waals surface area contributed by atoms with Crippen molar-refractivity contribution >= 4 is 0 Å². The van der Waals surface area contributed by atoms with Crippen LogP contribution in [0.3, 0.4) is 0 Å². The SMILES string of the molecule is CCCNCc1cnc(Oc2ccccc2CC)c(C)c1. The zero-order chi connectivity index (χ0) is 15.1. The van der Waals surface area contributed by atoms with Gasteiger partial charge in [0.05, 0.1) is 0 Å². The van der Waals surface area contributed by atoms with Crippen molar-refractivity contribution < 1.29 is 4.74 Å². The fourth-order valence-electron chi connectivity index (χ4n) is 2.23. The Morgan fingerprint density at radius 3 is 2.71 bits per heavy atom. The number of ether oxygens (including phenoxy) is 1. The number of rotatable bonds is 7. The highest BCUT2D eigenvalue weighted by atomic mass is 16.5. The Bertz CT molecular complexity index is 581. The van der Waals surface area contributed by atoms with Crippen molar-refractivity contribution in [1.82, 2.24) is 10.3 Å². The van der Waals surface area contributed by atoms with Gasteiger partial charge in [0.1, 0.15) is 5.75 Å². The van der Waals surface area contributed by atoms with Crippen molar-refractivity contribution in [2.24, 2.45) is 0 Å². The normalized spacial score (nSPS) is 10.6. The van der Waals surface area contributed by atoms with Crippen LogP contribution in [-0.4, -0.2) is 11.5 Å². The van der Waals surface area contributed by atoms with Crippen LogP contribution in [-0.2, 0) is 13.0 Å². The number of benzene rings is 1. The average molecular weight is 284 g/mol. The lowest BCUT2D eigenvalue weighted by atomic mass is 10.1. The quantitative estimate of drug-likeness (QED) is 0.772. The van der Waals surface area contributed by atoms with Crippen LogP contribution in [0, 0.1) is 6.92 Å². The van der Waals surface area contributed by atoms with E-state index in [1.807, 2.05) is 31.3 Å². The minimum absolute atomic E-state index is 0.690. The highest BCUT2D eigenvalue weighted by molar-refractivity contribution is 5.38. The summed E-state index contributed by atoms with van der Waals surface area (Å²) in [5, 5.41) is 3.39. The van der Waals surface area contributed by atoms with Gasteiger partial charge in [0.15, 0.2) is 0 Å². The first-order chi connectivity index (χ1) is 10.2. The van der Waals surface area contributed by atoms with Crippen molar-refractivity contribution in [1.29, 1.82) is 0 Å². The molecule has 3 heteroatoms. The Labute approximate surface area is 127 Å².